The van der Waals surface area contributed by atoms with E-state index in [4.69, 9.17) is 16.3 Å². The number of nitrogens with zero attached hydrogens (tertiary/aromatic N) is 2. The van der Waals surface area contributed by atoms with Crippen LogP contribution in [0.4, 0.5) is 18.9 Å². The fourth-order valence-corrected chi connectivity index (χ4v) is 4.91. The van der Waals surface area contributed by atoms with Crippen molar-refractivity contribution in [2.45, 2.75) is 24.9 Å². The highest BCUT2D eigenvalue weighted by Crippen LogP contribution is 2.38. The average molecular weight is 554 g/mol. The Hall–Kier alpha value is -3.57. The molecule has 0 bridgehead atoms. The SMILES string of the molecule is CCOc1ccc(/C(C)=N\NC(=O)CN(c2ccc(Cl)c(C(F)(F)F)c2)S(=O)(=O)c2ccccc2)cc1. The number of ether oxygens (including phenoxy) is 1. The first-order valence-electron chi connectivity index (χ1n) is 10.9. The second-order valence-electron chi connectivity index (χ2n) is 7.68. The average Bonchev–Trinajstić information content (AvgIpc) is 2.86. The Morgan fingerprint density at radius 3 is 2.30 bits per heavy atom. The summed E-state index contributed by atoms with van der Waals surface area (Å²) in [6.45, 7) is 3.15. The molecule has 0 radical (unpaired) electrons. The maximum Gasteiger partial charge on any atom is 0.417 e. The summed E-state index contributed by atoms with van der Waals surface area (Å²) in [6.07, 6.45) is -4.84. The van der Waals surface area contributed by atoms with Crippen LogP contribution in [0.5, 0.6) is 5.75 Å². The molecular formula is C25H23ClF3N3O4S. The predicted octanol–water partition coefficient (Wildman–Crippen LogP) is 5.49. The lowest BCUT2D eigenvalue weighted by Crippen LogP contribution is -2.40. The first kappa shape index (κ1) is 28.0. The molecule has 0 unspecified atom stereocenters. The molecule has 3 aromatic carbocycles. The van der Waals surface area contributed by atoms with Gasteiger partial charge in [0.25, 0.3) is 15.9 Å². The van der Waals surface area contributed by atoms with E-state index in [1.54, 1.807) is 37.3 Å². The summed E-state index contributed by atoms with van der Waals surface area (Å²) in [5.41, 5.74) is 1.73. The van der Waals surface area contributed by atoms with E-state index in [0.29, 0.717) is 34.0 Å². The molecular weight excluding hydrogens is 531 g/mol. The largest absolute Gasteiger partial charge is 0.494 e. The molecule has 1 amide bonds. The molecule has 0 saturated heterocycles. The maximum atomic E-state index is 13.5. The van der Waals surface area contributed by atoms with Crippen LogP contribution >= 0.6 is 11.6 Å². The number of benzene rings is 3. The third-order valence-electron chi connectivity index (χ3n) is 5.09. The molecule has 196 valence electrons. The highest BCUT2D eigenvalue weighted by atomic mass is 35.5. The molecule has 0 saturated carbocycles. The van der Waals surface area contributed by atoms with Gasteiger partial charge >= 0.3 is 6.18 Å². The zero-order valence-electron chi connectivity index (χ0n) is 19.8. The molecule has 0 aliphatic heterocycles. The minimum atomic E-state index is -4.84. The van der Waals surface area contributed by atoms with Crippen LogP contribution in [0.3, 0.4) is 0 Å². The molecule has 7 nitrogen and oxygen atoms in total. The standard InChI is InChI=1S/C25H23ClF3N3O4S/c1-3-36-20-12-9-18(10-13-20)17(2)30-31-24(33)16-32(37(34,35)21-7-5-4-6-8-21)19-11-14-23(26)22(15-19)25(27,28)29/h4-15H,3,16H2,1-2H3,(H,31,33)/b30-17-. The van der Waals surface area contributed by atoms with Gasteiger partial charge in [-0.1, -0.05) is 29.8 Å². The lowest BCUT2D eigenvalue weighted by molar-refractivity contribution is -0.137. The van der Waals surface area contributed by atoms with Gasteiger partial charge in [0.2, 0.25) is 0 Å². The normalized spacial score (nSPS) is 12.2. The van der Waals surface area contributed by atoms with E-state index in [-0.39, 0.29) is 10.6 Å². The van der Waals surface area contributed by atoms with Crippen molar-refractivity contribution in [3.63, 3.8) is 0 Å². The number of rotatable bonds is 9. The van der Waals surface area contributed by atoms with Crippen molar-refractivity contribution in [1.29, 1.82) is 0 Å². The number of anilines is 1. The second-order valence-corrected chi connectivity index (χ2v) is 9.95. The molecule has 3 aromatic rings. The van der Waals surface area contributed by atoms with E-state index >= 15 is 0 Å². The number of hydrogen-bond donors (Lipinski definition) is 1. The number of hydrogen-bond acceptors (Lipinski definition) is 5. The predicted molar refractivity (Wildman–Crippen MR) is 135 cm³/mol. The van der Waals surface area contributed by atoms with Gasteiger partial charge in [-0.3, -0.25) is 9.10 Å². The lowest BCUT2D eigenvalue weighted by Gasteiger charge is -2.25. The van der Waals surface area contributed by atoms with Crippen LogP contribution in [-0.2, 0) is 21.0 Å². The van der Waals surface area contributed by atoms with Crippen molar-refractivity contribution in [3.05, 3.63) is 88.9 Å². The zero-order chi connectivity index (χ0) is 27.2. The van der Waals surface area contributed by atoms with Crippen LogP contribution in [0.25, 0.3) is 0 Å². The van der Waals surface area contributed by atoms with E-state index in [1.807, 2.05) is 6.92 Å². The van der Waals surface area contributed by atoms with E-state index in [0.717, 1.165) is 12.1 Å². The number of carbonyl (C=O) groups excluding carboxylic acids is 1. The Morgan fingerprint density at radius 2 is 1.70 bits per heavy atom. The number of sulfonamides is 1. The first-order valence-corrected chi connectivity index (χ1v) is 12.8. The van der Waals surface area contributed by atoms with Gasteiger partial charge in [-0.05, 0) is 74.0 Å². The molecule has 0 aliphatic rings. The molecule has 0 atom stereocenters. The summed E-state index contributed by atoms with van der Waals surface area (Å²) in [4.78, 5) is 12.5. The van der Waals surface area contributed by atoms with Gasteiger partial charge in [0.1, 0.15) is 12.3 Å². The van der Waals surface area contributed by atoms with Crippen molar-refractivity contribution < 1.29 is 31.1 Å². The molecule has 3 rings (SSSR count). The molecule has 0 fully saturated rings. The quantitative estimate of drug-likeness (QED) is 0.280. The third kappa shape index (κ3) is 7.01. The minimum Gasteiger partial charge on any atom is -0.494 e. The minimum absolute atomic E-state index is 0.208. The van der Waals surface area contributed by atoms with Crippen LogP contribution < -0.4 is 14.5 Å². The lowest BCUT2D eigenvalue weighted by atomic mass is 10.1. The molecule has 37 heavy (non-hydrogen) atoms. The van der Waals surface area contributed by atoms with Gasteiger partial charge in [-0.25, -0.2) is 13.8 Å². The van der Waals surface area contributed by atoms with E-state index < -0.39 is 39.2 Å². The molecule has 0 spiro atoms. The summed E-state index contributed by atoms with van der Waals surface area (Å²) in [5.74, 6) is -0.209. The fourth-order valence-electron chi connectivity index (χ4n) is 3.26. The summed E-state index contributed by atoms with van der Waals surface area (Å²) in [7, 11) is -4.43. The fraction of sp³-hybridized carbons (Fsp3) is 0.200. The first-order chi connectivity index (χ1) is 17.4. The molecule has 0 heterocycles. The third-order valence-corrected chi connectivity index (χ3v) is 7.21. The molecule has 1 N–H and O–H groups in total. The van der Waals surface area contributed by atoms with E-state index in [2.05, 4.69) is 10.5 Å². The zero-order valence-corrected chi connectivity index (χ0v) is 21.4. The van der Waals surface area contributed by atoms with Crippen LogP contribution in [0.1, 0.15) is 25.0 Å². The second kappa shape index (κ2) is 11.7. The van der Waals surface area contributed by atoms with Crippen LogP contribution in [-0.4, -0.2) is 33.2 Å². The molecule has 0 aromatic heterocycles. The van der Waals surface area contributed by atoms with Crippen molar-refractivity contribution >= 4 is 38.9 Å². The Kier molecular flexibility index (Phi) is 8.82. The monoisotopic (exact) mass is 553 g/mol. The molecule has 0 aliphatic carbocycles. The number of hydrazone groups is 1. The van der Waals surface area contributed by atoms with Crippen molar-refractivity contribution in [2.75, 3.05) is 17.5 Å². The number of halogens is 4. The van der Waals surface area contributed by atoms with Crippen LogP contribution in [0, 0.1) is 0 Å². The Labute approximate surface area is 217 Å². The smallest absolute Gasteiger partial charge is 0.417 e. The summed E-state index contributed by atoms with van der Waals surface area (Å²) in [5, 5.41) is 3.39. The van der Waals surface area contributed by atoms with Crippen LogP contribution in [0.2, 0.25) is 5.02 Å². The van der Waals surface area contributed by atoms with Gasteiger partial charge in [-0.15, -0.1) is 0 Å². The Bertz CT molecular complexity index is 1380. The van der Waals surface area contributed by atoms with Crippen LogP contribution in [0.15, 0.2) is 82.8 Å². The van der Waals surface area contributed by atoms with Gasteiger partial charge in [0.15, 0.2) is 0 Å². The summed E-state index contributed by atoms with van der Waals surface area (Å²) in [6, 6.07) is 16.6. The van der Waals surface area contributed by atoms with Gasteiger partial charge in [0.05, 0.1) is 33.5 Å². The molecule has 12 heteroatoms. The van der Waals surface area contributed by atoms with Crippen molar-refractivity contribution in [3.8, 4) is 5.75 Å². The maximum absolute atomic E-state index is 13.5. The van der Waals surface area contributed by atoms with Gasteiger partial charge in [-0.2, -0.15) is 18.3 Å². The van der Waals surface area contributed by atoms with Gasteiger partial charge in [0, 0.05) is 0 Å². The summed E-state index contributed by atoms with van der Waals surface area (Å²) < 4.78 is 73.0. The topological polar surface area (TPSA) is 88.1 Å². The number of amides is 1. The van der Waals surface area contributed by atoms with Crippen molar-refractivity contribution in [2.24, 2.45) is 5.10 Å². The van der Waals surface area contributed by atoms with E-state index in [1.165, 1.54) is 24.3 Å². The Balaban J connectivity index is 1.91. The van der Waals surface area contributed by atoms with Gasteiger partial charge < -0.3 is 4.74 Å². The Morgan fingerprint density at radius 1 is 1.05 bits per heavy atom. The summed E-state index contributed by atoms with van der Waals surface area (Å²) >= 11 is 5.70. The van der Waals surface area contributed by atoms with Crippen molar-refractivity contribution in [1.82, 2.24) is 5.43 Å². The highest BCUT2D eigenvalue weighted by Gasteiger charge is 2.35. The number of alkyl halides is 3. The highest BCUT2D eigenvalue weighted by molar-refractivity contribution is 7.92. The number of nitrogens with one attached hydrogen (secondary N) is 1. The number of carbonyl (C=O) groups is 1. The van der Waals surface area contributed by atoms with E-state index in [9.17, 15) is 26.4 Å².